The van der Waals surface area contributed by atoms with Crippen LogP contribution in [0.15, 0.2) is 0 Å². The molecule has 5 nitrogen and oxygen atoms in total. The van der Waals surface area contributed by atoms with Crippen LogP contribution in [0.25, 0.3) is 0 Å². The maximum atomic E-state index is 11.0. The summed E-state index contributed by atoms with van der Waals surface area (Å²) in [5, 5.41) is -0.353. The fourth-order valence-electron chi connectivity index (χ4n) is 0.584. The van der Waals surface area contributed by atoms with Gasteiger partial charge >= 0.3 is 0 Å². The van der Waals surface area contributed by atoms with Crippen molar-refractivity contribution in [3.8, 4) is 0 Å². The number of nitrogens with two attached hydrogens (primary N) is 1. The first kappa shape index (κ1) is 12.6. The van der Waals surface area contributed by atoms with E-state index in [0.29, 0.717) is 6.42 Å². The van der Waals surface area contributed by atoms with E-state index in [1.807, 2.05) is 12.3 Å². The minimum Gasteiger partial charge on any atom is -0.299 e. The Labute approximate surface area is 86.7 Å². The van der Waals surface area contributed by atoms with Crippen molar-refractivity contribution in [1.82, 2.24) is 10.1 Å². The highest BCUT2D eigenvalue weighted by Gasteiger charge is 2.16. The molecular weight excluding hydrogens is 210 g/mol. The zero-order chi connectivity index (χ0) is 10.3. The molecule has 0 aromatic heterocycles. The summed E-state index contributed by atoms with van der Waals surface area (Å²) in [6, 6.07) is 0. The van der Waals surface area contributed by atoms with Crippen molar-refractivity contribution in [1.29, 1.82) is 0 Å². The second-order valence-electron chi connectivity index (χ2n) is 2.21. The van der Waals surface area contributed by atoms with Crippen LogP contribution >= 0.6 is 24.6 Å². The van der Waals surface area contributed by atoms with Crippen LogP contribution in [0.1, 0.15) is 13.3 Å². The van der Waals surface area contributed by atoms with Crippen LogP contribution in [-0.2, 0) is 9.59 Å². The van der Waals surface area contributed by atoms with Crippen molar-refractivity contribution >= 4 is 36.4 Å². The summed E-state index contributed by atoms with van der Waals surface area (Å²) in [7, 11) is 0. The Morgan fingerprint density at radius 1 is 1.62 bits per heavy atom. The number of hydrogen-bond acceptors (Lipinski definition) is 5. The van der Waals surface area contributed by atoms with Crippen LogP contribution in [0.5, 0.6) is 0 Å². The summed E-state index contributed by atoms with van der Waals surface area (Å²) in [6.07, 6.45) is 0.598. The van der Waals surface area contributed by atoms with Gasteiger partial charge in [0.15, 0.2) is 0 Å². The van der Waals surface area contributed by atoms with E-state index in [4.69, 9.17) is 5.84 Å². The van der Waals surface area contributed by atoms with Crippen LogP contribution in [0.4, 0.5) is 0 Å². The number of nitrogens with one attached hydrogen (secondary N) is 2. The van der Waals surface area contributed by atoms with E-state index < -0.39 is 0 Å². The average Bonchev–Trinajstić information content (AvgIpc) is 2.17. The van der Waals surface area contributed by atoms with E-state index >= 15 is 0 Å². The SMILES string of the molecule is CCC(SNC(=O)CS)C(=O)NN. The maximum absolute atomic E-state index is 11.0. The predicted octanol–water partition coefficient (Wildman–Crippen LogP) is -0.551. The summed E-state index contributed by atoms with van der Waals surface area (Å²) in [6.45, 7) is 1.83. The molecule has 0 saturated carbocycles. The molecule has 0 aromatic rings. The molecule has 0 heterocycles. The van der Waals surface area contributed by atoms with E-state index in [0.717, 1.165) is 11.9 Å². The molecule has 2 amide bonds. The van der Waals surface area contributed by atoms with Crippen LogP contribution in [0, 0.1) is 0 Å². The van der Waals surface area contributed by atoms with Crippen LogP contribution < -0.4 is 16.0 Å². The third kappa shape index (κ3) is 5.02. The zero-order valence-corrected chi connectivity index (χ0v) is 8.95. The lowest BCUT2D eigenvalue weighted by atomic mass is 10.3. The van der Waals surface area contributed by atoms with Gasteiger partial charge in [-0.1, -0.05) is 6.92 Å². The number of amides is 2. The molecular formula is C6H13N3O2S2. The minimum absolute atomic E-state index is 0.105. The van der Waals surface area contributed by atoms with Gasteiger partial charge in [-0.05, 0) is 18.4 Å². The predicted molar refractivity (Wildman–Crippen MR) is 56.0 cm³/mol. The molecule has 0 fully saturated rings. The molecule has 0 aliphatic heterocycles. The number of carbonyl (C=O) groups excluding carboxylic acids is 2. The fourth-order valence-corrected chi connectivity index (χ4v) is 1.46. The topological polar surface area (TPSA) is 84.2 Å². The van der Waals surface area contributed by atoms with E-state index in [2.05, 4.69) is 17.4 Å². The molecule has 0 radical (unpaired) electrons. The van der Waals surface area contributed by atoms with Gasteiger partial charge < -0.3 is 0 Å². The highest BCUT2D eigenvalue weighted by atomic mass is 32.2. The Hall–Kier alpha value is -0.400. The summed E-state index contributed by atoms with van der Waals surface area (Å²) in [5.74, 6) is 4.53. The molecule has 0 rings (SSSR count). The van der Waals surface area contributed by atoms with Crippen molar-refractivity contribution < 1.29 is 9.59 Å². The van der Waals surface area contributed by atoms with E-state index in [1.54, 1.807) is 0 Å². The lowest BCUT2D eigenvalue weighted by Gasteiger charge is -2.11. The third-order valence-electron chi connectivity index (χ3n) is 1.26. The Morgan fingerprint density at radius 3 is 2.62 bits per heavy atom. The molecule has 0 spiro atoms. The lowest BCUT2D eigenvalue weighted by Crippen LogP contribution is -2.39. The van der Waals surface area contributed by atoms with Gasteiger partial charge in [0.2, 0.25) is 11.8 Å². The molecule has 0 aromatic carbocycles. The molecule has 4 N–H and O–H groups in total. The van der Waals surface area contributed by atoms with Gasteiger partial charge in [-0.25, -0.2) is 5.84 Å². The summed E-state index contributed by atoms with van der Waals surface area (Å²) >= 11 is 4.82. The molecule has 0 bridgehead atoms. The van der Waals surface area contributed by atoms with E-state index in [-0.39, 0.29) is 22.8 Å². The first-order valence-corrected chi connectivity index (χ1v) is 5.22. The fraction of sp³-hybridized carbons (Fsp3) is 0.667. The first-order chi connectivity index (χ1) is 6.15. The number of thiol groups is 1. The molecule has 13 heavy (non-hydrogen) atoms. The molecule has 0 saturated heterocycles. The lowest BCUT2D eigenvalue weighted by molar-refractivity contribution is -0.120. The number of hydrogen-bond donors (Lipinski definition) is 4. The first-order valence-electron chi connectivity index (χ1n) is 3.71. The Balaban J connectivity index is 3.85. The van der Waals surface area contributed by atoms with Crippen molar-refractivity contribution in [2.75, 3.05) is 5.75 Å². The normalized spacial score (nSPS) is 11.9. The van der Waals surface area contributed by atoms with Crippen LogP contribution in [0.2, 0.25) is 0 Å². The molecule has 1 atom stereocenters. The minimum atomic E-state index is -0.353. The summed E-state index contributed by atoms with van der Waals surface area (Å²) < 4.78 is 2.48. The maximum Gasteiger partial charge on any atom is 0.248 e. The van der Waals surface area contributed by atoms with Crippen LogP contribution in [0.3, 0.4) is 0 Å². The molecule has 1 unspecified atom stereocenters. The Bertz CT molecular complexity index is 189. The monoisotopic (exact) mass is 223 g/mol. The van der Waals surface area contributed by atoms with Gasteiger partial charge in [-0.2, -0.15) is 12.6 Å². The smallest absolute Gasteiger partial charge is 0.248 e. The zero-order valence-electron chi connectivity index (χ0n) is 7.24. The van der Waals surface area contributed by atoms with Gasteiger partial charge in [0.1, 0.15) is 5.25 Å². The third-order valence-corrected chi connectivity index (χ3v) is 2.73. The number of carbonyl (C=O) groups is 2. The van der Waals surface area contributed by atoms with Gasteiger partial charge in [-0.3, -0.25) is 19.7 Å². The van der Waals surface area contributed by atoms with Crippen molar-refractivity contribution in [2.24, 2.45) is 5.84 Å². The number of rotatable bonds is 5. The summed E-state index contributed by atoms with van der Waals surface area (Å²) in [4.78, 5) is 21.8. The second kappa shape index (κ2) is 7.05. The second-order valence-corrected chi connectivity index (χ2v) is 3.53. The van der Waals surface area contributed by atoms with Crippen molar-refractivity contribution in [2.45, 2.75) is 18.6 Å². The number of hydrazine groups is 1. The van der Waals surface area contributed by atoms with E-state index in [1.165, 1.54) is 0 Å². The van der Waals surface area contributed by atoms with Gasteiger partial charge in [-0.15, -0.1) is 0 Å². The van der Waals surface area contributed by atoms with Crippen molar-refractivity contribution in [3.05, 3.63) is 0 Å². The molecule has 0 aliphatic rings. The van der Waals surface area contributed by atoms with Gasteiger partial charge in [0.25, 0.3) is 0 Å². The van der Waals surface area contributed by atoms with Crippen molar-refractivity contribution in [3.63, 3.8) is 0 Å². The Kier molecular flexibility index (Phi) is 6.83. The highest BCUT2D eigenvalue weighted by molar-refractivity contribution is 7.99. The van der Waals surface area contributed by atoms with Gasteiger partial charge in [0, 0.05) is 0 Å². The van der Waals surface area contributed by atoms with Gasteiger partial charge in [0.05, 0.1) is 5.75 Å². The van der Waals surface area contributed by atoms with Crippen LogP contribution in [-0.4, -0.2) is 22.8 Å². The molecule has 76 valence electrons. The largest absolute Gasteiger partial charge is 0.299 e. The molecule has 7 heteroatoms. The highest BCUT2D eigenvalue weighted by Crippen LogP contribution is 2.10. The average molecular weight is 223 g/mol. The van der Waals surface area contributed by atoms with E-state index in [9.17, 15) is 9.59 Å². The Morgan fingerprint density at radius 2 is 2.23 bits per heavy atom. The quantitative estimate of drug-likeness (QED) is 0.166. The standard InChI is InChI=1S/C6H13N3O2S2/c1-2-4(6(11)8-7)13-9-5(10)3-12/h4,12H,2-3,7H2,1H3,(H,8,11)(H,9,10). The molecule has 0 aliphatic carbocycles. The summed E-state index contributed by atoms with van der Waals surface area (Å²) in [5.41, 5.74) is 2.03.